The number of fused-ring (bicyclic) bond motifs is 1. The van der Waals surface area contributed by atoms with Crippen molar-refractivity contribution in [3.05, 3.63) is 23.8 Å². The van der Waals surface area contributed by atoms with Crippen molar-refractivity contribution < 1.29 is 9.53 Å². The number of amides is 1. The lowest BCUT2D eigenvalue weighted by molar-refractivity contribution is -0.116. The van der Waals surface area contributed by atoms with Crippen molar-refractivity contribution in [3.8, 4) is 5.75 Å². The van der Waals surface area contributed by atoms with Gasteiger partial charge in [0.2, 0.25) is 5.91 Å². The number of rotatable bonds is 2. The van der Waals surface area contributed by atoms with Gasteiger partial charge in [-0.1, -0.05) is 13.0 Å². The van der Waals surface area contributed by atoms with Crippen LogP contribution in [-0.4, -0.2) is 13.0 Å². The smallest absolute Gasteiger partial charge is 0.224 e. The van der Waals surface area contributed by atoms with Gasteiger partial charge >= 0.3 is 0 Å². The van der Waals surface area contributed by atoms with Crippen molar-refractivity contribution in [2.24, 2.45) is 0 Å². The largest absolute Gasteiger partial charge is 0.497 e. The molecule has 1 aromatic carbocycles. The van der Waals surface area contributed by atoms with Crippen LogP contribution >= 0.6 is 0 Å². The quantitative estimate of drug-likeness (QED) is 0.805. The topological polar surface area (TPSA) is 38.3 Å². The Morgan fingerprint density at radius 2 is 2.33 bits per heavy atom. The summed E-state index contributed by atoms with van der Waals surface area (Å²) in [7, 11) is 1.63. The number of nitrogens with one attached hydrogen (secondary N) is 1. The second-order valence-corrected chi connectivity index (χ2v) is 3.81. The number of hydrogen-bond donors (Lipinski definition) is 1. The number of carbonyl (C=O) groups is 1. The normalized spacial score (nSPS) is 19.3. The molecule has 0 fully saturated rings. The zero-order valence-corrected chi connectivity index (χ0v) is 9.04. The number of anilines is 1. The first-order chi connectivity index (χ1) is 7.24. The predicted octanol–water partition coefficient (Wildman–Crippen LogP) is 2.53. The third-order valence-corrected chi connectivity index (χ3v) is 2.90. The van der Waals surface area contributed by atoms with Crippen LogP contribution in [0.15, 0.2) is 18.2 Å². The number of benzene rings is 1. The lowest BCUT2D eigenvalue weighted by Crippen LogP contribution is -2.22. The van der Waals surface area contributed by atoms with Gasteiger partial charge in [-0.3, -0.25) is 4.79 Å². The summed E-state index contributed by atoms with van der Waals surface area (Å²) >= 11 is 0. The van der Waals surface area contributed by atoms with Crippen LogP contribution in [0.25, 0.3) is 0 Å². The molecule has 3 heteroatoms. The maximum Gasteiger partial charge on any atom is 0.224 e. The average Bonchev–Trinajstić information content (AvgIpc) is 2.26. The van der Waals surface area contributed by atoms with E-state index in [-0.39, 0.29) is 5.91 Å². The van der Waals surface area contributed by atoms with Crippen molar-refractivity contribution in [1.29, 1.82) is 0 Å². The molecule has 15 heavy (non-hydrogen) atoms. The van der Waals surface area contributed by atoms with Crippen molar-refractivity contribution in [3.63, 3.8) is 0 Å². The van der Waals surface area contributed by atoms with Gasteiger partial charge in [0.1, 0.15) is 5.75 Å². The maximum atomic E-state index is 11.4. The molecule has 2 rings (SSSR count). The van der Waals surface area contributed by atoms with E-state index < -0.39 is 0 Å². The molecule has 1 heterocycles. The monoisotopic (exact) mass is 205 g/mol. The van der Waals surface area contributed by atoms with Crippen molar-refractivity contribution in [2.45, 2.75) is 25.7 Å². The molecule has 1 aliphatic rings. The van der Waals surface area contributed by atoms with E-state index in [0.717, 1.165) is 17.9 Å². The highest BCUT2D eigenvalue weighted by molar-refractivity contribution is 5.95. The highest BCUT2D eigenvalue weighted by Crippen LogP contribution is 2.36. The molecular formula is C12H15NO2. The van der Waals surface area contributed by atoms with E-state index in [0.29, 0.717) is 12.3 Å². The Morgan fingerprint density at radius 3 is 3.00 bits per heavy atom. The zero-order chi connectivity index (χ0) is 10.8. The Labute approximate surface area is 89.4 Å². The molecule has 1 unspecified atom stereocenters. The Kier molecular flexibility index (Phi) is 2.62. The Morgan fingerprint density at radius 1 is 1.53 bits per heavy atom. The summed E-state index contributed by atoms with van der Waals surface area (Å²) in [6.45, 7) is 2.11. The van der Waals surface area contributed by atoms with Gasteiger partial charge in [0.15, 0.2) is 0 Å². The molecule has 0 spiro atoms. The molecule has 0 saturated heterocycles. The lowest BCUT2D eigenvalue weighted by atomic mass is 9.88. The Hall–Kier alpha value is -1.51. The van der Waals surface area contributed by atoms with Crippen LogP contribution in [0.3, 0.4) is 0 Å². The van der Waals surface area contributed by atoms with Gasteiger partial charge in [0.05, 0.1) is 7.11 Å². The molecule has 0 aromatic heterocycles. The van der Waals surface area contributed by atoms with E-state index in [9.17, 15) is 4.79 Å². The van der Waals surface area contributed by atoms with Crippen LogP contribution in [0.4, 0.5) is 5.69 Å². The van der Waals surface area contributed by atoms with Crippen molar-refractivity contribution in [1.82, 2.24) is 0 Å². The van der Waals surface area contributed by atoms with Crippen LogP contribution in [-0.2, 0) is 4.79 Å². The van der Waals surface area contributed by atoms with Crippen LogP contribution in [0.2, 0.25) is 0 Å². The fraction of sp³-hybridized carbons (Fsp3) is 0.417. The highest BCUT2D eigenvalue weighted by Gasteiger charge is 2.23. The minimum absolute atomic E-state index is 0.0996. The maximum absolute atomic E-state index is 11.4. The molecule has 3 nitrogen and oxygen atoms in total. The SMILES string of the molecule is CCC1CC(=O)Nc2cc(OC)ccc21. The number of carbonyl (C=O) groups excluding carboxylic acids is 1. The number of hydrogen-bond acceptors (Lipinski definition) is 2. The first-order valence-electron chi connectivity index (χ1n) is 5.22. The summed E-state index contributed by atoms with van der Waals surface area (Å²) in [4.78, 5) is 11.4. The molecule has 1 atom stereocenters. The van der Waals surface area contributed by atoms with E-state index in [1.54, 1.807) is 7.11 Å². The molecule has 0 saturated carbocycles. The zero-order valence-electron chi connectivity index (χ0n) is 9.04. The third-order valence-electron chi connectivity index (χ3n) is 2.90. The van der Waals surface area contributed by atoms with Crippen molar-refractivity contribution >= 4 is 11.6 Å². The molecule has 1 aliphatic heterocycles. The second-order valence-electron chi connectivity index (χ2n) is 3.81. The van der Waals surface area contributed by atoms with Gasteiger partial charge in [0, 0.05) is 18.2 Å². The van der Waals surface area contributed by atoms with E-state index in [1.165, 1.54) is 5.56 Å². The number of methoxy groups -OCH3 is 1. The molecule has 1 amide bonds. The van der Waals surface area contributed by atoms with Crippen LogP contribution in [0, 0.1) is 0 Å². The summed E-state index contributed by atoms with van der Waals surface area (Å²) in [5.41, 5.74) is 2.12. The predicted molar refractivity (Wildman–Crippen MR) is 59.3 cm³/mol. The summed E-state index contributed by atoms with van der Waals surface area (Å²) in [6, 6.07) is 5.87. The molecule has 1 N–H and O–H groups in total. The Bertz CT molecular complexity index is 387. The lowest BCUT2D eigenvalue weighted by Gasteiger charge is -2.24. The molecule has 0 radical (unpaired) electrons. The Balaban J connectivity index is 2.41. The summed E-state index contributed by atoms with van der Waals surface area (Å²) in [6.07, 6.45) is 1.59. The van der Waals surface area contributed by atoms with E-state index >= 15 is 0 Å². The van der Waals surface area contributed by atoms with Gasteiger partial charge in [-0.2, -0.15) is 0 Å². The van der Waals surface area contributed by atoms with E-state index in [2.05, 4.69) is 12.2 Å². The third kappa shape index (κ3) is 1.82. The minimum Gasteiger partial charge on any atom is -0.497 e. The molecule has 80 valence electrons. The highest BCUT2D eigenvalue weighted by atomic mass is 16.5. The molecule has 0 bridgehead atoms. The van der Waals surface area contributed by atoms with Gasteiger partial charge in [-0.15, -0.1) is 0 Å². The molecule has 0 aliphatic carbocycles. The second kappa shape index (κ2) is 3.93. The fourth-order valence-electron chi connectivity index (χ4n) is 2.03. The van der Waals surface area contributed by atoms with Gasteiger partial charge in [-0.05, 0) is 24.0 Å². The van der Waals surface area contributed by atoms with Crippen LogP contribution in [0.1, 0.15) is 31.2 Å². The summed E-state index contributed by atoms with van der Waals surface area (Å²) in [5, 5.41) is 2.88. The van der Waals surface area contributed by atoms with Crippen LogP contribution in [0.5, 0.6) is 5.75 Å². The van der Waals surface area contributed by atoms with Gasteiger partial charge in [-0.25, -0.2) is 0 Å². The van der Waals surface area contributed by atoms with Crippen molar-refractivity contribution in [2.75, 3.05) is 12.4 Å². The fourth-order valence-corrected chi connectivity index (χ4v) is 2.03. The molecular weight excluding hydrogens is 190 g/mol. The number of ether oxygens (including phenoxy) is 1. The first kappa shape index (κ1) is 10.0. The minimum atomic E-state index is 0.0996. The standard InChI is InChI=1S/C12H15NO2/c1-3-8-6-12(14)13-11-7-9(15-2)4-5-10(8)11/h4-5,7-8H,3,6H2,1-2H3,(H,13,14). The molecule has 1 aromatic rings. The first-order valence-corrected chi connectivity index (χ1v) is 5.22. The van der Waals surface area contributed by atoms with E-state index in [1.807, 2.05) is 18.2 Å². The van der Waals surface area contributed by atoms with Gasteiger partial charge < -0.3 is 10.1 Å². The summed E-state index contributed by atoms with van der Waals surface area (Å²) < 4.78 is 5.13. The van der Waals surface area contributed by atoms with E-state index in [4.69, 9.17) is 4.74 Å². The van der Waals surface area contributed by atoms with Crippen LogP contribution < -0.4 is 10.1 Å². The average molecular weight is 205 g/mol. The summed E-state index contributed by atoms with van der Waals surface area (Å²) in [5.74, 6) is 1.23. The van der Waals surface area contributed by atoms with Gasteiger partial charge in [0.25, 0.3) is 0 Å².